The molecule has 0 radical (unpaired) electrons. The molecule has 0 spiro atoms. The lowest BCUT2D eigenvalue weighted by Crippen LogP contribution is -2.54. The van der Waals surface area contributed by atoms with Crippen molar-refractivity contribution in [3.8, 4) is 11.1 Å². The summed E-state index contributed by atoms with van der Waals surface area (Å²) in [7, 11) is 0. The van der Waals surface area contributed by atoms with Gasteiger partial charge >= 0.3 is 12.1 Å². The van der Waals surface area contributed by atoms with Gasteiger partial charge in [0.15, 0.2) is 0 Å². The van der Waals surface area contributed by atoms with Gasteiger partial charge < -0.3 is 24.8 Å². The Labute approximate surface area is 209 Å². The van der Waals surface area contributed by atoms with Crippen molar-refractivity contribution < 1.29 is 29.0 Å². The highest BCUT2D eigenvalue weighted by Crippen LogP contribution is 2.44. The molecule has 1 fully saturated rings. The lowest BCUT2D eigenvalue weighted by Gasteiger charge is -2.34. The Kier molecular flexibility index (Phi) is 8.30. The highest BCUT2D eigenvalue weighted by atomic mass is 32.2. The maximum atomic E-state index is 13.2. The zero-order valence-corrected chi connectivity index (χ0v) is 20.5. The topological polar surface area (TPSA) is 105 Å². The molecule has 2 amide bonds. The van der Waals surface area contributed by atoms with Crippen molar-refractivity contribution in [3.05, 3.63) is 59.7 Å². The van der Waals surface area contributed by atoms with Gasteiger partial charge in [-0.05, 0) is 40.7 Å². The number of benzene rings is 2. The van der Waals surface area contributed by atoms with Crippen LogP contribution in [0, 0.1) is 0 Å². The van der Waals surface area contributed by atoms with Crippen molar-refractivity contribution in [2.75, 3.05) is 38.3 Å². The Hall–Kier alpha value is -3.04. The fourth-order valence-electron chi connectivity index (χ4n) is 4.73. The third-order valence-electron chi connectivity index (χ3n) is 6.40. The van der Waals surface area contributed by atoms with Crippen molar-refractivity contribution >= 4 is 29.7 Å². The third-order valence-corrected chi connectivity index (χ3v) is 7.04. The number of amides is 2. The number of hydrogen-bond acceptors (Lipinski definition) is 6. The Balaban J connectivity index is 1.39. The highest BCUT2D eigenvalue weighted by molar-refractivity contribution is 7.98. The van der Waals surface area contributed by atoms with Crippen LogP contribution in [0.3, 0.4) is 0 Å². The second kappa shape index (κ2) is 11.6. The summed E-state index contributed by atoms with van der Waals surface area (Å²) < 4.78 is 11.1. The van der Waals surface area contributed by atoms with Gasteiger partial charge in [0.1, 0.15) is 12.6 Å². The molecule has 35 heavy (non-hydrogen) atoms. The van der Waals surface area contributed by atoms with Crippen molar-refractivity contribution in [3.63, 3.8) is 0 Å². The average Bonchev–Trinajstić information content (AvgIpc) is 3.18. The molecule has 2 N–H and O–H groups in total. The number of hydrogen-bond donors (Lipinski definition) is 2. The number of carboxylic acids is 1. The molecule has 186 valence electrons. The van der Waals surface area contributed by atoms with Gasteiger partial charge in [-0.3, -0.25) is 9.59 Å². The molecule has 8 nitrogen and oxygen atoms in total. The minimum Gasteiger partial charge on any atom is -0.481 e. The molecule has 1 aliphatic carbocycles. The molecule has 2 aromatic carbocycles. The predicted molar refractivity (Wildman–Crippen MR) is 134 cm³/mol. The summed E-state index contributed by atoms with van der Waals surface area (Å²) in [6, 6.07) is 15.5. The number of carboxylic acid groups (broad SMARTS) is 1. The zero-order chi connectivity index (χ0) is 24.8. The molecule has 9 heteroatoms. The molecule has 0 bridgehead atoms. The first-order chi connectivity index (χ1) is 17.0. The van der Waals surface area contributed by atoms with Crippen LogP contribution in [-0.2, 0) is 19.1 Å². The van der Waals surface area contributed by atoms with E-state index in [4.69, 9.17) is 14.6 Å². The quantitative estimate of drug-likeness (QED) is 0.546. The first kappa shape index (κ1) is 25.1. The van der Waals surface area contributed by atoms with E-state index in [9.17, 15) is 14.4 Å². The summed E-state index contributed by atoms with van der Waals surface area (Å²) in [5, 5.41) is 11.8. The Bertz CT molecular complexity index is 1030. The third kappa shape index (κ3) is 5.97. The first-order valence-corrected chi connectivity index (χ1v) is 13.1. The van der Waals surface area contributed by atoms with Gasteiger partial charge in [0.2, 0.25) is 5.91 Å². The number of ether oxygens (including phenoxy) is 2. The van der Waals surface area contributed by atoms with Crippen LogP contribution in [0.5, 0.6) is 0 Å². The summed E-state index contributed by atoms with van der Waals surface area (Å²) in [5.41, 5.74) is 4.53. The number of rotatable bonds is 9. The molecule has 2 atom stereocenters. The molecule has 4 rings (SSSR count). The van der Waals surface area contributed by atoms with Crippen LogP contribution in [0.1, 0.15) is 29.9 Å². The Morgan fingerprint density at radius 3 is 2.43 bits per heavy atom. The average molecular weight is 499 g/mol. The second-order valence-electron chi connectivity index (χ2n) is 8.68. The normalized spacial score (nSPS) is 17.9. The summed E-state index contributed by atoms with van der Waals surface area (Å²) in [6.07, 6.45) is 1.03. The van der Waals surface area contributed by atoms with E-state index >= 15 is 0 Å². The van der Waals surface area contributed by atoms with Crippen molar-refractivity contribution in [2.24, 2.45) is 0 Å². The number of fused-ring (bicyclic) bond motifs is 3. The second-order valence-corrected chi connectivity index (χ2v) is 9.66. The molecule has 1 saturated heterocycles. The first-order valence-electron chi connectivity index (χ1n) is 11.7. The predicted octanol–water partition coefficient (Wildman–Crippen LogP) is 3.35. The largest absolute Gasteiger partial charge is 0.481 e. The molecule has 0 aromatic heterocycles. The number of thioether (sulfide) groups is 1. The molecule has 1 unspecified atom stereocenters. The van der Waals surface area contributed by atoms with Crippen LogP contribution >= 0.6 is 11.8 Å². The Morgan fingerprint density at radius 1 is 1.14 bits per heavy atom. The van der Waals surface area contributed by atoms with Crippen LogP contribution < -0.4 is 5.32 Å². The van der Waals surface area contributed by atoms with Crippen molar-refractivity contribution in [1.82, 2.24) is 10.2 Å². The lowest BCUT2D eigenvalue weighted by molar-refractivity contribution is -0.148. The Morgan fingerprint density at radius 2 is 1.80 bits per heavy atom. The number of morpholine rings is 1. The van der Waals surface area contributed by atoms with E-state index in [0.717, 1.165) is 22.3 Å². The summed E-state index contributed by atoms with van der Waals surface area (Å²) in [4.78, 5) is 38.6. The monoisotopic (exact) mass is 498 g/mol. The molecule has 2 aromatic rings. The van der Waals surface area contributed by atoms with E-state index in [0.29, 0.717) is 18.7 Å². The number of nitrogens with one attached hydrogen (secondary N) is 1. The van der Waals surface area contributed by atoms with E-state index in [1.165, 1.54) is 0 Å². The van der Waals surface area contributed by atoms with Crippen LogP contribution in [-0.4, -0.2) is 78.4 Å². The van der Waals surface area contributed by atoms with Gasteiger partial charge in [0, 0.05) is 19.0 Å². The molecule has 2 aliphatic rings. The van der Waals surface area contributed by atoms with E-state index in [1.54, 1.807) is 16.7 Å². The van der Waals surface area contributed by atoms with E-state index < -0.39 is 24.2 Å². The highest BCUT2D eigenvalue weighted by Gasteiger charge is 2.32. The van der Waals surface area contributed by atoms with Crippen LogP contribution in [0.15, 0.2) is 48.5 Å². The standard InChI is InChI=1S/C26H30N2O6S/c1-35-13-10-23(25(31)28-11-12-33-17(15-28)14-24(29)30)27-26(32)34-16-22-20-8-4-2-6-18(20)19-7-3-5-9-21(19)22/h2-9,17,22-23H,10-16H2,1H3,(H,27,32)(H,29,30)/t17?,23-/m0/s1. The SMILES string of the molecule is CSCC[C@H](NC(=O)OCC1c2ccccc2-c2ccccc21)C(=O)N1CCOC(CC(=O)O)C1. The van der Waals surface area contributed by atoms with Crippen LogP contribution in [0.2, 0.25) is 0 Å². The van der Waals surface area contributed by atoms with Gasteiger partial charge in [0.05, 0.1) is 19.1 Å². The number of carbonyl (C=O) groups is 3. The number of alkyl carbamates (subject to hydrolysis) is 1. The smallest absolute Gasteiger partial charge is 0.407 e. The van der Waals surface area contributed by atoms with Gasteiger partial charge in [-0.2, -0.15) is 11.8 Å². The lowest BCUT2D eigenvalue weighted by atomic mass is 9.98. The van der Waals surface area contributed by atoms with Gasteiger partial charge in [0.25, 0.3) is 0 Å². The van der Waals surface area contributed by atoms with E-state index in [-0.39, 0.29) is 38.0 Å². The maximum absolute atomic E-state index is 13.2. The minimum atomic E-state index is -0.972. The maximum Gasteiger partial charge on any atom is 0.407 e. The van der Waals surface area contributed by atoms with Crippen molar-refractivity contribution in [2.45, 2.75) is 30.9 Å². The van der Waals surface area contributed by atoms with Crippen molar-refractivity contribution in [1.29, 1.82) is 0 Å². The molecule has 1 aliphatic heterocycles. The fourth-order valence-corrected chi connectivity index (χ4v) is 5.20. The van der Waals surface area contributed by atoms with Gasteiger partial charge in [-0.25, -0.2) is 4.79 Å². The van der Waals surface area contributed by atoms with Gasteiger partial charge in [-0.15, -0.1) is 0 Å². The molecular weight excluding hydrogens is 468 g/mol. The number of carbonyl (C=O) groups excluding carboxylic acids is 2. The number of nitrogens with zero attached hydrogens (tertiary/aromatic N) is 1. The molecular formula is C26H30N2O6S. The molecule has 1 heterocycles. The van der Waals surface area contributed by atoms with Crippen LogP contribution in [0.25, 0.3) is 11.1 Å². The zero-order valence-electron chi connectivity index (χ0n) is 19.6. The van der Waals surface area contributed by atoms with Gasteiger partial charge in [-0.1, -0.05) is 48.5 Å². The summed E-state index contributed by atoms with van der Waals surface area (Å²) in [6.45, 7) is 0.982. The fraction of sp³-hybridized carbons (Fsp3) is 0.423. The van der Waals surface area contributed by atoms with E-state index in [2.05, 4.69) is 29.6 Å². The van der Waals surface area contributed by atoms with E-state index in [1.807, 2.05) is 30.5 Å². The molecule has 0 saturated carbocycles. The van der Waals surface area contributed by atoms with Crippen LogP contribution in [0.4, 0.5) is 4.79 Å². The minimum absolute atomic E-state index is 0.0653. The summed E-state index contributed by atoms with van der Waals surface area (Å²) in [5.74, 6) is -0.598. The number of aliphatic carboxylic acids is 1. The summed E-state index contributed by atoms with van der Waals surface area (Å²) >= 11 is 1.58.